The second kappa shape index (κ2) is 7.45. The Hall–Kier alpha value is -4.42. The Morgan fingerprint density at radius 2 is 1.68 bits per heavy atom. The van der Waals surface area contributed by atoms with E-state index in [9.17, 15) is 10.5 Å². The molecule has 4 aromatic rings. The Labute approximate surface area is 161 Å². The van der Waals surface area contributed by atoms with Gasteiger partial charge in [0.25, 0.3) is 0 Å². The van der Waals surface area contributed by atoms with Crippen molar-refractivity contribution in [1.82, 2.24) is 19.3 Å². The van der Waals surface area contributed by atoms with Gasteiger partial charge in [-0.25, -0.2) is 4.68 Å². The van der Waals surface area contributed by atoms with Crippen molar-refractivity contribution in [2.24, 2.45) is 0 Å². The number of aromatic nitrogens is 4. The van der Waals surface area contributed by atoms with E-state index in [1.54, 1.807) is 29.1 Å². The van der Waals surface area contributed by atoms with Crippen molar-refractivity contribution >= 4 is 11.6 Å². The van der Waals surface area contributed by atoms with Crippen LogP contribution in [0.2, 0.25) is 0 Å². The van der Waals surface area contributed by atoms with Crippen LogP contribution in [0.1, 0.15) is 17.0 Å². The average molecular weight is 362 g/mol. The van der Waals surface area contributed by atoms with E-state index in [2.05, 4.69) is 22.2 Å². The summed E-state index contributed by atoms with van der Waals surface area (Å²) in [5, 5.41) is 24.3. The maximum atomic E-state index is 9.90. The summed E-state index contributed by atoms with van der Waals surface area (Å²) in [6.45, 7) is 0. The molecule has 0 aliphatic rings. The molecule has 0 atom stereocenters. The predicted octanol–water partition coefficient (Wildman–Crippen LogP) is 3.99. The Morgan fingerprint density at radius 3 is 2.32 bits per heavy atom. The fraction of sp³-hybridized carbons (Fsp3) is 0. The highest BCUT2D eigenvalue weighted by Crippen LogP contribution is 2.27. The molecular formula is C22H14N6. The number of nitriles is 2. The van der Waals surface area contributed by atoms with Gasteiger partial charge in [-0.2, -0.15) is 15.6 Å². The Morgan fingerprint density at radius 1 is 0.929 bits per heavy atom. The normalized spacial score (nSPS) is 11.0. The molecule has 4 rings (SSSR count). The van der Waals surface area contributed by atoms with Crippen LogP contribution < -0.4 is 0 Å². The third-order valence-corrected chi connectivity index (χ3v) is 4.18. The van der Waals surface area contributed by atoms with Crippen LogP contribution in [0.5, 0.6) is 0 Å². The van der Waals surface area contributed by atoms with Crippen molar-refractivity contribution in [3.63, 3.8) is 0 Å². The van der Waals surface area contributed by atoms with E-state index >= 15 is 0 Å². The molecule has 28 heavy (non-hydrogen) atoms. The lowest BCUT2D eigenvalue weighted by atomic mass is 10.1. The average Bonchev–Trinajstić information content (AvgIpc) is 3.40. The van der Waals surface area contributed by atoms with E-state index in [0.29, 0.717) is 22.8 Å². The summed E-state index contributed by atoms with van der Waals surface area (Å²) >= 11 is 0. The first-order chi connectivity index (χ1) is 13.8. The first kappa shape index (κ1) is 17.0. The second-order valence-corrected chi connectivity index (χ2v) is 5.92. The molecule has 0 N–H and O–H groups in total. The van der Waals surface area contributed by atoms with Gasteiger partial charge in [-0.3, -0.25) is 4.98 Å². The van der Waals surface area contributed by atoms with Gasteiger partial charge in [-0.1, -0.05) is 24.3 Å². The molecule has 0 aliphatic heterocycles. The van der Waals surface area contributed by atoms with Gasteiger partial charge >= 0.3 is 0 Å². The van der Waals surface area contributed by atoms with Gasteiger partial charge in [0.2, 0.25) is 0 Å². The van der Waals surface area contributed by atoms with Crippen molar-refractivity contribution in [1.29, 1.82) is 10.5 Å². The number of rotatable bonds is 4. The molecule has 0 aliphatic carbocycles. The molecule has 132 valence electrons. The molecule has 0 bridgehead atoms. The lowest BCUT2D eigenvalue weighted by Crippen LogP contribution is -2.04. The molecular weight excluding hydrogens is 348 g/mol. The minimum atomic E-state index is 0.276. The third kappa shape index (κ3) is 3.07. The largest absolute Gasteiger partial charge is 0.307 e. The van der Waals surface area contributed by atoms with Gasteiger partial charge in [-0.15, -0.1) is 0 Å². The van der Waals surface area contributed by atoms with E-state index < -0.39 is 0 Å². The van der Waals surface area contributed by atoms with Crippen molar-refractivity contribution in [2.45, 2.75) is 0 Å². The van der Waals surface area contributed by atoms with E-state index in [0.717, 1.165) is 5.69 Å². The van der Waals surface area contributed by atoms with Crippen LogP contribution in [0.3, 0.4) is 0 Å². The Balaban J connectivity index is 1.98. The van der Waals surface area contributed by atoms with Crippen molar-refractivity contribution in [3.05, 3.63) is 96.2 Å². The lowest BCUT2D eigenvalue weighted by Gasteiger charge is -2.08. The molecule has 6 nitrogen and oxygen atoms in total. The first-order valence-electron chi connectivity index (χ1n) is 8.57. The highest BCUT2D eigenvalue weighted by molar-refractivity contribution is 5.90. The highest BCUT2D eigenvalue weighted by Gasteiger charge is 2.23. The highest BCUT2D eigenvalue weighted by atomic mass is 15.3. The monoisotopic (exact) mass is 362 g/mol. The third-order valence-electron chi connectivity index (χ3n) is 4.18. The van der Waals surface area contributed by atoms with Crippen LogP contribution in [-0.4, -0.2) is 19.3 Å². The van der Waals surface area contributed by atoms with Crippen LogP contribution in [0.4, 0.5) is 0 Å². The summed E-state index contributed by atoms with van der Waals surface area (Å²) in [6, 6.07) is 23.1. The van der Waals surface area contributed by atoms with Gasteiger partial charge < -0.3 is 4.57 Å². The maximum Gasteiger partial charge on any atom is 0.159 e. The molecule has 0 saturated carbocycles. The smallest absolute Gasteiger partial charge is 0.159 e. The zero-order chi connectivity index (χ0) is 19.3. The van der Waals surface area contributed by atoms with Crippen molar-refractivity contribution in [3.8, 4) is 23.6 Å². The lowest BCUT2D eigenvalue weighted by molar-refractivity contribution is 0.820. The zero-order valence-electron chi connectivity index (χ0n) is 14.8. The summed E-state index contributed by atoms with van der Waals surface area (Å²) < 4.78 is 3.50. The minimum absolute atomic E-state index is 0.276. The van der Waals surface area contributed by atoms with E-state index in [1.807, 2.05) is 65.5 Å². The summed E-state index contributed by atoms with van der Waals surface area (Å²) in [6.07, 6.45) is 6.98. The van der Waals surface area contributed by atoms with E-state index in [4.69, 9.17) is 0 Å². The molecule has 3 heterocycles. The molecule has 0 spiro atoms. The fourth-order valence-electron chi connectivity index (χ4n) is 2.93. The van der Waals surface area contributed by atoms with Crippen LogP contribution in [0, 0.1) is 22.7 Å². The number of pyridine rings is 1. The number of benzene rings is 1. The minimum Gasteiger partial charge on any atom is -0.307 e. The van der Waals surface area contributed by atoms with Crippen LogP contribution in [0.15, 0.2) is 79.3 Å². The molecule has 0 fully saturated rings. The SMILES string of the molecule is N#CC(=Cc1ccccn1)c1nn(-c2ccccc2)c(-n2cccc2)c1C#N. The summed E-state index contributed by atoms with van der Waals surface area (Å²) in [5.41, 5.74) is 2.34. The summed E-state index contributed by atoms with van der Waals surface area (Å²) in [5.74, 6) is 0.580. The van der Waals surface area contributed by atoms with Crippen molar-refractivity contribution < 1.29 is 0 Å². The fourth-order valence-corrected chi connectivity index (χ4v) is 2.93. The van der Waals surface area contributed by atoms with Gasteiger partial charge in [0.1, 0.15) is 23.4 Å². The molecule has 0 radical (unpaired) electrons. The predicted molar refractivity (Wildman–Crippen MR) is 105 cm³/mol. The first-order valence-corrected chi connectivity index (χ1v) is 8.57. The zero-order valence-corrected chi connectivity index (χ0v) is 14.8. The molecule has 0 unspecified atom stereocenters. The van der Waals surface area contributed by atoms with Crippen molar-refractivity contribution in [2.75, 3.05) is 0 Å². The molecule has 0 amide bonds. The second-order valence-electron chi connectivity index (χ2n) is 5.92. The maximum absolute atomic E-state index is 9.90. The van der Waals surface area contributed by atoms with Crippen LogP contribution in [-0.2, 0) is 0 Å². The summed E-state index contributed by atoms with van der Waals surface area (Å²) in [7, 11) is 0. The van der Waals surface area contributed by atoms with E-state index in [1.165, 1.54) is 0 Å². The van der Waals surface area contributed by atoms with Gasteiger partial charge in [0.05, 0.1) is 17.0 Å². The molecule has 0 saturated heterocycles. The number of hydrogen-bond donors (Lipinski definition) is 0. The van der Waals surface area contributed by atoms with Gasteiger partial charge in [-0.05, 0) is 42.5 Å². The van der Waals surface area contributed by atoms with Crippen LogP contribution in [0.25, 0.3) is 23.2 Å². The Kier molecular flexibility index (Phi) is 4.53. The number of para-hydroxylation sites is 1. The topological polar surface area (TPSA) is 83.2 Å². The van der Waals surface area contributed by atoms with Crippen LogP contribution >= 0.6 is 0 Å². The quantitative estimate of drug-likeness (QED) is 0.514. The molecule has 6 heteroatoms. The molecule has 1 aromatic carbocycles. The van der Waals surface area contributed by atoms with Gasteiger partial charge in [0, 0.05) is 18.6 Å². The number of allylic oxidation sites excluding steroid dienone is 1. The summed E-state index contributed by atoms with van der Waals surface area (Å²) in [4.78, 5) is 4.23. The number of nitrogens with zero attached hydrogens (tertiary/aromatic N) is 6. The molecule has 3 aromatic heterocycles. The Bertz CT molecular complexity index is 1200. The standard InChI is InChI=1S/C22H14N6/c23-15-17(14-18-8-4-5-11-25-18)21-20(16-24)22(27-12-6-7-13-27)28(26-21)19-9-2-1-3-10-19/h1-14H. The van der Waals surface area contributed by atoms with E-state index in [-0.39, 0.29) is 5.57 Å². The number of hydrogen-bond acceptors (Lipinski definition) is 4. The van der Waals surface area contributed by atoms with Gasteiger partial charge in [0.15, 0.2) is 5.82 Å².